The number of hydrogen-bond donors (Lipinski definition) is 2. The lowest BCUT2D eigenvalue weighted by Crippen LogP contribution is -2.29. The maximum absolute atomic E-state index is 11.8. The number of hydrogen-bond acceptors (Lipinski definition) is 5. The zero-order chi connectivity index (χ0) is 24.6. The third-order valence-corrected chi connectivity index (χ3v) is 7.01. The Morgan fingerprint density at radius 2 is 1.97 bits per heavy atom. The van der Waals surface area contributed by atoms with Crippen LogP contribution in [0.4, 0.5) is 11.4 Å². The van der Waals surface area contributed by atoms with Crippen LogP contribution in [0.3, 0.4) is 0 Å². The van der Waals surface area contributed by atoms with Crippen molar-refractivity contribution in [2.24, 2.45) is 0 Å². The lowest BCUT2D eigenvalue weighted by molar-refractivity contribution is 0.417. The topological polar surface area (TPSA) is 88.5 Å². The molecule has 0 radical (unpaired) electrons. The van der Waals surface area contributed by atoms with Crippen molar-refractivity contribution in [3.8, 4) is 5.75 Å². The average Bonchev–Trinajstić information content (AvgIpc) is 3.28. The minimum atomic E-state index is -3.45. The Morgan fingerprint density at radius 1 is 1.21 bits per heavy atom. The molecule has 0 amide bonds. The maximum atomic E-state index is 11.8. The van der Waals surface area contributed by atoms with Crippen LogP contribution in [0.5, 0.6) is 5.75 Å². The van der Waals surface area contributed by atoms with Gasteiger partial charge in [0.25, 0.3) is 0 Å². The molecular formula is C24H29N5O3S2. The van der Waals surface area contributed by atoms with E-state index in [0.29, 0.717) is 16.5 Å². The van der Waals surface area contributed by atoms with Gasteiger partial charge in [-0.2, -0.15) is 0 Å². The summed E-state index contributed by atoms with van der Waals surface area (Å²) in [5, 5.41) is 4.03. The largest absolute Gasteiger partial charge is 0.494 e. The lowest BCUT2D eigenvalue weighted by atomic mass is 9.96. The van der Waals surface area contributed by atoms with Crippen molar-refractivity contribution in [1.82, 2.24) is 14.9 Å². The first kappa shape index (κ1) is 24.0. The van der Waals surface area contributed by atoms with Gasteiger partial charge in [0, 0.05) is 35.9 Å². The molecule has 0 spiro atoms. The van der Waals surface area contributed by atoms with Crippen molar-refractivity contribution in [3.63, 3.8) is 0 Å². The minimum absolute atomic E-state index is 0.160. The molecule has 0 aliphatic carbocycles. The zero-order valence-electron chi connectivity index (χ0n) is 19.9. The Labute approximate surface area is 206 Å². The number of ether oxygens (including phenoxy) is 1. The molecule has 4 rings (SSSR count). The second-order valence-electron chi connectivity index (χ2n) is 8.33. The number of benzene rings is 1. The summed E-state index contributed by atoms with van der Waals surface area (Å²) in [4.78, 5) is 6.67. The summed E-state index contributed by atoms with van der Waals surface area (Å²) in [5.74, 6) is 0.407. The molecular weight excluding hydrogens is 470 g/mol. The number of anilines is 2. The van der Waals surface area contributed by atoms with E-state index < -0.39 is 10.0 Å². The smallest absolute Gasteiger partial charge is 0.229 e. The van der Waals surface area contributed by atoms with Gasteiger partial charge in [-0.1, -0.05) is 6.07 Å². The standard InChI is InChI=1S/C24H29N5O3S2/c1-6-28-15(2)13-18(16(28)3)23-22(20-9-7-8-12-25-20)26-24(33)29(23)17-10-11-19(21(14-17)32-4)27-34(5,30)31/h7-14,22-23,27H,6H2,1-5H3,(H,26,33)/t22-,23-/m0/s1. The molecule has 8 nitrogen and oxygen atoms in total. The number of rotatable bonds is 7. The summed E-state index contributed by atoms with van der Waals surface area (Å²) >= 11 is 5.82. The predicted octanol–water partition coefficient (Wildman–Crippen LogP) is 4.08. The molecule has 1 aliphatic heterocycles. The Kier molecular flexibility index (Phi) is 6.55. The molecule has 3 aromatic rings. The SMILES string of the molecule is CCn1c(C)cc([C@H]2[C@H](c3ccccn3)NC(=S)N2c2ccc(NS(C)(=O)=O)c(OC)c2)c1C. The van der Waals surface area contributed by atoms with Crippen molar-refractivity contribution in [3.05, 3.63) is 71.3 Å². The summed E-state index contributed by atoms with van der Waals surface area (Å²) in [5.41, 5.74) is 5.55. The minimum Gasteiger partial charge on any atom is -0.494 e. The molecule has 3 heterocycles. The molecule has 0 bridgehead atoms. The van der Waals surface area contributed by atoms with Crippen LogP contribution in [0.2, 0.25) is 0 Å². The van der Waals surface area contributed by atoms with Gasteiger partial charge in [-0.3, -0.25) is 9.71 Å². The van der Waals surface area contributed by atoms with E-state index in [1.54, 1.807) is 18.3 Å². The number of sulfonamides is 1. The Hall–Kier alpha value is -3.11. The quantitative estimate of drug-likeness (QED) is 0.474. The van der Waals surface area contributed by atoms with E-state index in [-0.39, 0.29) is 12.1 Å². The Balaban J connectivity index is 1.86. The van der Waals surface area contributed by atoms with E-state index in [0.717, 1.165) is 29.7 Å². The molecule has 2 aromatic heterocycles. The van der Waals surface area contributed by atoms with Crippen LogP contribution in [-0.4, -0.2) is 36.4 Å². The van der Waals surface area contributed by atoms with E-state index in [1.807, 2.05) is 24.3 Å². The number of methoxy groups -OCH3 is 1. The zero-order valence-corrected chi connectivity index (χ0v) is 21.5. The first-order valence-electron chi connectivity index (χ1n) is 11.0. The van der Waals surface area contributed by atoms with Gasteiger partial charge in [-0.15, -0.1) is 0 Å². The summed E-state index contributed by atoms with van der Waals surface area (Å²) in [6.07, 6.45) is 2.89. The molecule has 1 aromatic carbocycles. The van der Waals surface area contributed by atoms with E-state index in [2.05, 4.69) is 51.3 Å². The first-order valence-corrected chi connectivity index (χ1v) is 13.3. The molecule has 34 heavy (non-hydrogen) atoms. The fourth-order valence-corrected chi connectivity index (χ4v) is 5.59. The number of aromatic nitrogens is 2. The van der Waals surface area contributed by atoms with E-state index >= 15 is 0 Å². The normalized spacial score (nSPS) is 18.1. The number of nitrogens with one attached hydrogen (secondary N) is 2. The molecule has 2 atom stereocenters. The number of aryl methyl sites for hydroxylation is 1. The average molecular weight is 500 g/mol. The molecule has 0 unspecified atom stereocenters. The van der Waals surface area contributed by atoms with Crippen molar-refractivity contribution < 1.29 is 13.2 Å². The van der Waals surface area contributed by atoms with Crippen molar-refractivity contribution >= 4 is 38.7 Å². The number of thiocarbonyl (C=S) groups is 1. The van der Waals surface area contributed by atoms with Crippen LogP contribution in [0.15, 0.2) is 48.7 Å². The lowest BCUT2D eigenvalue weighted by Gasteiger charge is -2.28. The summed E-state index contributed by atoms with van der Waals surface area (Å²) in [6.45, 7) is 7.24. The van der Waals surface area contributed by atoms with Gasteiger partial charge in [0.05, 0.1) is 36.8 Å². The van der Waals surface area contributed by atoms with Crippen LogP contribution in [0, 0.1) is 13.8 Å². The number of pyridine rings is 1. The molecule has 1 fully saturated rings. The van der Waals surface area contributed by atoms with E-state index in [1.165, 1.54) is 18.5 Å². The van der Waals surface area contributed by atoms with E-state index in [9.17, 15) is 8.42 Å². The van der Waals surface area contributed by atoms with E-state index in [4.69, 9.17) is 17.0 Å². The van der Waals surface area contributed by atoms with Gasteiger partial charge in [-0.05, 0) is 68.9 Å². The van der Waals surface area contributed by atoms with Gasteiger partial charge in [0.2, 0.25) is 10.0 Å². The van der Waals surface area contributed by atoms with Crippen LogP contribution >= 0.6 is 12.2 Å². The van der Waals surface area contributed by atoms with Crippen LogP contribution in [0.1, 0.15) is 41.7 Å². The first-order chi connectivity index (χ1) is 16.1. The fraction of sp³-hybridized carbons (Fsp3) is 0.333. The summed E-state index contributed by atoms with van der Waals surface area (Å²) in [7, 11) is -1.94. The van der Waals surface area contributed by atoms with Crippen LogP contribution < -0.4 is 19.7 Å². The Morgan fingerprint density at radius 3 is 2.56 bits per heavy atom. The van der Waals surface area contributed by atoms with Gasteiger partial charge in [0.1, 0.15) is 5.75 Å². The highest BCUT2D eigenvalue weighted by Gasteiger charge is 2.42. The number of nitrogens with zero attached hydrogens (tertiary/aromatic N) is 3. The highest BCUT2D eigenvalue weighted by molar-refractivity contribution is 7.92. The molecule has 1 aliphatic rings. The highest BCUT2D eigenvalue weighted by atomic mass is 32.2. The molecule has 10 heteroatoms. The predicted molar refractivity (Wildman–Crippen MR) is 139 cm³/mol. The van der Waals surface area contributed by atoms with Gasteiger partial charge in [-0.25, -0.2) is 8.42 Å². The van der Waals surface area contributed by atoms with Crippen molar-refractivity contribution in [2.45, 2.75) is 39.4 Å². The van der Waals surface area contributed by atoms with Crippen LogP contribution in [-0.2, 0) is 16.6 Å². The maximum Gasteiger partial charge on any atom is 0.229 e. The van der Waals surface area contributed by atoms with Gasteiger partial charge in [0.15, 0.2) is 5.11 Å². The third kappa shape index (κ3) is 4.47. The van der Waals surface area contributed by atoms with Crippen molar-refractivity contribution in [1.29, 1.82) is 0 Å². The fourth-order valence-electron chi connectivity index (χ4n) is 4.68. The van der Waals surface area contributed by atoms with Crippen LogP contribution in [0.25, 0.3) is 0 Å². The van der Waals surface area contributed by atoms with Crippen molar-refractivity contribution in [2.75, 3.05) is 23.0 Å². The Bertz CT molecular complexity index is 1320. The third-order valence-electron chi connectivity index (χ3n) is 6.10. The van der Waals surface area contributed by atoms with Gasteiger partial charge >= 0.3 is 0 Å². The summed E-state index contributed by atoms with van der Waals surface area (Å²) < 4.78 is 33.9. The molecule has 180 valence electrons. The van der Waals surface area contributed by atoms with Gasteiger partial charge < -0.3 is 19.5 Å². The second kappa shape index (κ2) is 9.27. The molecule has 2 N–H and O–H groups in total. The summed E-state index contributed by atoms with van der Waals surface area (Å²) in [6, 6.07) is 13.1. The molecule has 1 saturated heterocycles. The highest BCUT2D eigenvalue weighted by Crippen LogP contribution is 2.44. The monoisotopic (exact) mass is 499 g/mol. The second-order valence-corrected chi connectivity index (χ2v) is 10.5. The molecule has 0 saturated carbocycles.